The molecule has 3 unspecified atom stereocenters. The fourth-order valence-corrected chi connectivity index (χ4v) is 3.02. The molecule has 2 aliphatic rings. The summed E-state index contributed by atoms with van der Waals surface area (Å²) in [6.45, 7) is 2.47. The summed E-state index contributed by atoms with van der Waals surface area (Å²) >= 11 is 0. The van der Waals surface area contributed by atoms with Crippen molar-refractivity contribution in [3.63, 3.8) is 0 Å². The highest BCUT2D eigenvalue weighted by molar-refractivity contribution is 5.87. The number of β-amino-alcohol motifs (C(OH)–C–C–N with tert-alkyl or cyclic N) is 1. The summed E-state index contributed by atoms with van der Waals surface area (Å²) in [5.74, 6) is -0.999. The SMILES string of the molecule is CN(C)CC1CC(O)CN1C(=O)NC(C)(C(=O)O)C1CC1. The van der Waals surface area contributed by atoms with Gasteiger partial charge in [-0.2, -0.15) is 0 Å². The fraction of sp³-hybridized carbons (Fsp3) is 0.857. The van der Waals surface area contributed by atoms with E-state index < -0.39 is 23.6 Å². The molecule has 1 heterocycles. The van der Waals surface area contributed by atoms with E-state index in [1.807, 2.05) is 19.0 Å². The van der Waals surface area contributed by atoms with Crippen molar-refractivity contribution in [1.82, 2.24) is 15.1 Å². The Balaban J connectivity index is 2.05. The zero-order valence-electron chi connectivity index (χ0n) is 12.9. The van der Waals surface area contributed by atoms with E-state index in [-0.39, 0.29) is 18.5 Å². The number of aliphatic hydroxyl groups is 1. The minimum atomic E-state index is -1.21. The fourth-order valence-electron chi connectivity index (χ4n) is 3.02. The Morgan fingerprint density at radius 3 is 2.48 bits per heavy atom. The van der Waals surface area contributed by atoms with E-state index in [0.29, 0.717) is 13.0 Å². The first-order chi connectivity index (χ1) is 9.74. The number of hydrogen-bond acceptors (Lipinski definition) is 4. The number of amides is 2. The Morgan fingerprint density at radius 2 is 2.00 bits per heavy atom. The van der Waals surface area contributed by atoms with Gasteiger partial charge in [0.15, 0.2) is 0 Å². The number of aliphatic carboxylic acids is 1. The Kier molecular flexibility index (Phi) is 4.43. The van der Waals surface area contributed by atoms with Gasteiger partial charge in [0.2, 0.25) is 0 Å². The van der Waals surface area contributed by atoms with Gasteiger partial charge in [-0.25, -0.2) is 9.59 Å². The predicted octanol–water partition coefficient (Wildman–Crippen LogP) is -0.0539. The first-order valence-electron chi connectivity index (χ1n) is 7.39. The first kappa shape index (κ1) is 16.0. The van der Waals surface area contributed by atoms with E-state index >= 15 is 0 Å². The molecule has 1 aliphatic heterocycles. The highest BCUT2D eigenvalue weighted by Crippen LogP contribution is 2.40. The molecule has 0 aromatic heterocycles. The van der Waals surface area contributed by atoms with Crippen molar-refractivity contribution < 1.29 is 19.8 Å². The number of carbonyl (C=O) groups excluding carboxylic acids is 1. The van der Waals surface area contributed by atoms with Crippen LogP contribution >= 0.6 is 0 Å². The van der Waals surface area contributed by atoms with Crippen molar-refractivity contribution in [3.8, 4) is 0 Å². The van der Waals surface area contributed by atoms with E-state index in [1.165, 1.54) is 0 Å². The second-order valence-electron chi connectivity index (χ2n) is 6.67. The number of hydrogen-bond donors (Lipinski definition) is 3. The summed E-state index contributed by atoms with van der Waals surface area (Å²) in [7, 11) is 3.82. The van der Waals surface area contributed by atoms with Crippen molar-refractivity contribution in [2.24, 2.45) is 5.92 Å². The number of nitrogens with one attached hydrogen (secondary N) is 1. The first-order valence-corrected chi connectivity index (χ1v) is 7.39. The van der Waals surface area contributed by atoms with Crippen molar-refractivity contribution in [1.29, 1.82) is 0 Å². The van der Waals surface area contributed by atoms with E-state index in [2.05, 4.69) is 5.32 Å². The molecule has 0 bridgehead atoms. The number of carbonyl (C=O) groups is 2. The number of carboxylic acid groups (broad SMARTS) is 1. The van der Waals surface area contributed by atoms with Crippen molar-refractivity contribution in [2.45, 2.75) is 43.9 Å². The van der Waals surface area contributed by atoms with Crippen LogP contribution in [0.25, 0.3) is 0 Å². The zero-order chi connectivity index (χ0) is 15.8. The maximum Gasteiger partial charge on any atom is 0.329 e. The van der Waals surface area contributed by atoms with Crippen LogP contribution in [0.1, 0.15) is 26.2 Å². The number of likely N-dealkylation sites (N-methyl/N-ethyl adjacent to an activating group) is 1. The molecule has 0 spiro atoms. The molecular weight excluding hydrogens is 274 g/mol. The van der Waals surface area contributed by atoms with Crippen LogP contribution in [-0.2, 0) is 4.79 Å². The van der Waals surface area contributed by atoms with E-state index in [9.17, 15) is 19.8 Å². The molecule has 1 aliphatic carbocycles. The van der Waals surface area contributed by atoms with Crippen LogP contribution in [-0.4, -0.2) is 76.9 Å². The van der Waals surface area contributed by atoms with Gasteiger partial charge < -0.3 is 25.3 Å². The summed E-state index contributed by atoms with van der Waals surface area (Å²) < 4.78 is 0. The summed E-state index contributed by atoms with van der Waals surface area (Å²) in [6, 6.07) is -0.484. The van der Waals surface area contributed by atoms with E-state index in [4.69, 9.17) is 0 Å². The lowest BCUT2D eigenvalue weighted by Gasteiger charge is -2.32. The molecule has 7 nitrogen and oxygen atoms in total. The largest absolute Gasteiger partial charge is 0.480 e. The van der Waals surface area contributed by atoms with Crippen molar-refractivity contribution in [3.05, 3.63) is 0 Å². The number of carboxylic acids is 1. The number of aliphatic hydroxyl groups excluding tert-OH is 1. The van der Waals surface area contributed by atoms with Crippen LogP contribution in [0.4, 0.5) is 4.79 Å². The Hall–Kier alpha value is -1.34. The van der Waals surface area contributed by atoms with Gasteiger partial charge in [0.25, 0.3) is 0 Å². The number of nitrogens with zero attached hydrogens (tertiary/aromatic N) is 2. The highest BCUT2D eigenvalue weighted by Gasteiger charge is 2.50. The Morgan fingerprint density at radius 1 is 1.38 bits per heavy atom. The number of urea groups is 1. The molecule has 0 aromatic carbocycles. The van der Waals surface area contributed by atoms with E-state index in [1.54, 1.807) is 11.8 Å². The van der Waals surface area contributed by atoms with Crippen LogP contribution in [0.5, 0.6) is 0 Å². The third-order valence-electron chi connectivity index (χ3n) is 4.43. The maximum absolute atomic E-state index is 12.5. The Bertz CT molecular complexity index is 424. The van der Waals surface area contributed by atoms with Crippen LogP contribution in [0, 0.1) is 5.92 Å². The molecule has 2 fully saturated rings. The minimum absolute atomic E-state index is 0.00113. The highest BCUT2D eigenvalue weighted by atomic mass is 16.4. The number of likely N-dealkylation sites (tertiary alicyclic amines) is 1. The molecule has 0 aromatic rings. The predicted molar refractivity (Wildman–Crippen MR) is 77.0 cm³/mol. The molecule has 3 N–H and O–H groups in total. The molecule has 0 radical (unpaired) electrons. The lowest BCUT2D eigenvalue weighted by Crippen LogP contribution is -2.59. The van der Waals surface area contributed by atoms with Gasteiger partial charge in [0.05, 0.1) is 6.10 Å². The summed E-state index contributed by atoms with van der Waals surface area (Å²) in [5, 5.41) is 21.9. The molecule has 2 amide bonds. The second-order valence-corrected chi connectivity index (χ2v) is 6.67. The standard InChI is InChI=1S/C14H25N3O4/c1-14(12(19)20,9-4-5-9)15-13(21)17-8-11(18)6-10(17)7-16(2)3/h9-11,18H,4-8H2,1-3H3,(H,15,21)(H,19,20). The average molecular weight is 299 g/mol. The van der Waals surface area contributed by atoms with Gasteiger partial charge in [-0.05, 0) is 46.2 Å². The van der Waals surface area contributed by atoms with Gasteiger partial charge in [0.1, 0.15) is 5.54 Å². The van der Waals surface area contributed by atoms with Gasteiger partial charge in [0, 0.05) is 19.1 Å². The van der Waals surface area contributed by atoms with Crippen LogP contribution in [0.3, 0.4) is 0 Å². The molecule has 21 heavy (non-hydrogen) atoms. The summed E-state index contributed by atoms with van der Waals surface area (Å²) in [6.07, 6.45) is 1.64. The number of rotatable bonds is 5. The van der Waals surface area contributed by atoms with Gasteiger partial charge in [-0.3, -0.25) is 0 Å². The summed E-state index contributed by atoms with van der Waals surface area (Å²) in [4.78, 5) is 27.5. The van der Waals surface area contributed by atoms with Gasteiger partial charge in [-0.15, -0.1) is 0 Å². The van der Waals surface area contributed by atoms with Crippen LogP contribution in [0.2, 0.25) is 0 Å². The lowest BCUT2D eigenvalue weighted by molar-refractivity contribution is -0.144. The average Bonchev–Trinajstić information content (AvgIpc) is 3.13. The zero-order valence-corrected chi connectivity index (χ0v) is 12.9. The van der Waals surface area contributed by atoms with Crippen molar-refractivity contribution in [2.75, 3.05) is 27.2 Å². The normalized spacial score (nSPS) is 28.5. The third-order valence-corrected chi connectivity index (χ3v) is 4.43. The third kappa shape index (κ3) is 3.47. The minimum Gasteiger partial charge on any atom is -0.480 e. The van der Waals surface area contributed by atoms with Crippen LogP contribution in [0.15, 0.2) is 0 Å². The summed E-state index contributed by atoms with van der Waals surface area (Å²) in [5.41, 5.74) is -1.21. The molecule has 7 heteroatoms. The maximum atomic E-state index is 12.5. The topological polar surface area (TPSA) is 93.1 Å². The molecular formula is C14H25N3O4. The molecule has 1 saturated heterocycles. The molecule has 1 saturated carbocycles. The smallest absolute Gasteiger partial charge is 0.329 e. The second kappa shape index (κ2) is 5.81. The van der Waals surface area contributed by atoms with E-state index in [0.717, 1.165) is 12.8 Å². The van der Waals surface area contributed by atoms with Gasteiger partial charge >= 0.3 is 12.0 Å². The quantitative estimate of drug-likeness (QED) is 0.661. The molecule has 120 valence electrons. The molecule has 3 atom stereocenters. The molecule has 2 rings (SSSR count). The monoisotopic (exact) mass is 299 g/mol. The van der Waals surface area contributed by atoms with Crippen molar-refractivity contribution >= 4 is 12.0 Å². The Labute approximate surface area is 124 Å². The van der Waals surface area contributed by atoms with Gasteiger partial charge in [-0.1, -0.05) is 0 Å². The van der Waals surface area contributed by atoms with Crippen LogP contribution < -0.4 is 5.32 Å². The lowest BCUT2D eigenvalue weighted by atomic mass is 9.96.